The van der Waals surface area contributed by atoms with E-state index in [-0.39, 0.29) is 5.91 Å². The molecule has 0 aliphatic carbocycles. The van der Waals surface area contributed by atoms with Crippen LogP contribution in [0.15, 0.2) is 79.1 Å². The van der Waals surface area contributed by atoms with Crippen LogP contribution in [-0.2, 0) is 24.3 Å². The summed E-state index contributed by atoms with van der Waals surface area (Å²) in [6.45, 7) is 3.21. The van der Waals surface area contributed by atoms with Gasteiger partial charge in [-0.1, -0.05) is 48.0 Å². The first-order valence-corrected chi connectivity index (χ1v) is 9.82. The van der Waals surface area contributed by atoms with Gasteiger partial charge in [-0.2, -0.15) is 5.10 Å². The molecule has 0 atom stereocenters. The monoisotopic (exact) mass is 382 g/mol. The first-order valence-electron chi connectivity index (χ1n) is 9.82. The Balaban J connectivity index is 1.48. The molecule has 4 aromatic rings. The molecule has 0 radical (unpaired) electrons. The van der Waals surface area contributed by atoms with Crippen molar-refractivity contribution in [3.8, 4) is 11.5 Å². The van der Waals surface area contributed by atoms with Gasteiger partial charge < -0.3 is 9.47 Å². The lowest BCUT2D eigenvalue weighted by molar-refractivity contribution is -0.131. The number of aromatic nitrogens is 3. The quantitative estimate of drug-likeness (QED) is 0.534. The number of fused-ring (bicyclic) bond motifs is 1. The van der Waals surface area contributed by atoms with Crippen molar-refractivity contribution in [3.63, 3.8) is 0 Å². The Morgan fingerprint density at radius 3 is 2.38 bits per heavy atom. The van der Waals surface area contributed by atoms with E-state index in [1.165, 1.54) is 5.56 Å². The van der Waals surface area contributed by atoms with Crippen LogP contribution >= 0.6 is 0 Å². The lowest BCUT2D eigenvalue weighted by Crippen LogP contribution is -2.27. The Hall–Kier alpha value is -3.60. The fraction of sp³-hybridized carbons (Fsp3) is 0.167. The predicted octanol–water partition coefficient (Wildman–Crippen LogP) is 4.06. The second-order valence-corrected chi connectivity index (χ2v) is 7.50. The predicted molar refractivity (Wildman–Crippen MR) is 112 cm³/mol. The molecule has 0 spiro atoms. The van der Waals surface area contributed by atoms with E-state index in [0.717, 1.165) is 28.3 Å². The van der Waals surface area contributed by atoms with Crippen LogP contribution in [0.5, 0.6) is 0 Å². The third kappa shape index (κ3) is 3.25. The Kier molecular flexibility index (Phi) is 4.28. The Morgan fingerprint density at radius 2 is 1.66 bits per heavy atom. The molecule has 5 rings (SSSR count). The normalized spacial score (nSPS) is 12.9. The molecule has 144 valence electrons. The molecule has 0 fully saturated rings. The van der Waals surface area contributed by atoms with Gasteiger partial charge in [0.15, 0.2) is 0 Å². The number of hydrogen-bond donors (Lipinski definition) is 0. The topological polar surface area (TPSA) is 43.1 Å². The van der Waals surface area contributed by atoms with Crippen molar-refractivity contribution in [2.45, 2.75) is 26.4 Å². The van der Waals surface area contributed by atoms with E-state index in [2.05, 4.69) is 35.8 Å². The van der Waals surface area contributed by atoms with Crippen molar-refractivity contribution in [1.29, 1.82) is 0 Å². The molecule has 3 heterocycles. The highest BCUT2D eigenvalue weighted by molar-refractivity contribution is 5.79. The van der Waals surface area contributed by atoms with Gasteiger partial charge in [-0.3, -0.25) is 4.79 Å². The van der Waals surface area contributed by atoms with E-state index in [0.29, 0.717) is 19.5 Å². The van der Waals surface area contributed by atoms with E-state index in [1.54, 1.807) is 0 Å². The van der Waals surface area contributed by atoms with Crippen molar-refractivity contribution >= 4 is 5.91 Å². The number of aryl methyl sites for hydroxylation is 1. The van der Waals surface area contributed by atoms with Crippen LogP contribution in [0.1, 0.15) is 22.4 Å². The number of rotatable bonds is 4. The average molecular weight is 382 g/mol. The van der Waals surface area contributed by atoms with Gasteiger partial charge in [-0.25, -0.2) is 4.68 Å². The minimum absolute atomic E-state index is 0.134. The Bertz CT molecular complexity index is 1140. The highest BCUT2D eigenvalue weighted by Gasteiger charge is 2.31. The van der Waals surface area contributed by atoms with Crippen molar-refractivity contribution in [2.75, 3.05) is 0 Å². The smallest absolute Gasteiger partial charge is 0.227 e. The van der Waals surface area contributed by atoms with Gasteiger partial charge in [-0.15, -0.1) is 0 Å². The molecule has 0 N–H and O–H groups in total. The molecule has 0 unspecified atom stereocenters. The maximum absolute atomic E-state index is 12.9. The van der Waals surface area contributed by atoms with Crippen molar-refractivity contribution in [1.82, 2.24) is 19.2 Å². The summed E-state index contributed by atoms with van der Waals surface area (Å²) in [5.41, 5.74) is 5.36. The zero-order valence-electron chi connectivity index (χ0n) is 16.3. The van der Waals surface area contributed by atoms with Crippen molar-refractivity contribution < 1.29 is 4.79 Å². The van der Waals surface area contributed by atoms with E-state index in [4.69, 9.17) is 5.10 Å². The fourth-order valence-corrected chi connectivity index (χ4v) is 3.87. The van der Waals surface area contributed by atoms with E-state index in [9.17, 15) is 4.79 Å². The van der Waals surface area contributed by atoms with Crippen molar-refractivity contribution in [3.05, 3.63) is 102 Å². The number of carbonyl (C=O) groups is 1. The van der Waals surface area contributed by atoms with Crippen LogP contribution in [0, 0.1) is 6.92 Å². The van der Waals surface area contributed by atoms with Crippen LogP contribution in [0.25, 0.3) is 11.5 Å². The van der Waals surface area contributed by atoms with Gasteiger partial charge in [0.05, 0.1) is 30.9 Å². The maximum atomic E-state index is 12.9. The van der Waals surface area contributed by atoms with Gasteiger partial charge in [0.1, 0.15) is 5.82 Å². The highest BCUT2D eigenvalue weighted by atomic mass is 16.2. The molecule has 5 nitrogen and oxygen atoms in total. The molecule has 1 aliphatic rings. The van der Waals surface area contributed by atoms with E-state index >= 15 is 0 Å². The molecule has 0 bridgehead atoms. The zero-order valence-corrected chi connectivity index (χ0v) is 16.3. The molecular formula is C24H22N4O. The molecule has 1 amide bonds. The maximum Gasteiger partial charge on any atom is 0.227 e. The highest BCUT2D eigenvalue weighted by Crippen LogP contribution is 2.31. The first kappa shape index (κ1) is 17.5. The van der Waals surface area contributed by atoms with Crippen LogP contribution < -0.4 is 0 Å². The fourth-order valence-electron chi connectivity index (χ4n) is 3.87. The van der Waals surface area contributed by atoms with E-state index < -0.39 is 0 Å². The third-order valence-corrected chi connectivity index (χ3v) is 5.41. The summed E-state index contributed by atoms with van der Waals surface area (Å²) in [4.78, 5) is 14.8. The second kappa shape index (κ2) is 7.09. The summed E-state index contributed by atoms with van der Waals surface area (Å²) < 4.78 is 4.07. The number of nitrogens with zero attached hydrogens (tertiary/aromatic N) is 4. The largest absolute Gasteiger partial charge is 0.332 e. The lowest BCUT2D eigenvalue weighted by atomic mass is 10.1. The van der Waals surface area contributed by atoms with Crippen molar-refractivity contribution in [2.24, 2.45) is 0 Å². The molecule has 1 aliphatic heterocycles. The molecule has 5 heteroatoms. The van der Waals surface area contributed by atoms with Gasteiger partial charge in [0.25, 0.3) is 0 Å². The number of carbonyl (C=O) groups excluding carboxylic acids is 1. The average Bonchev–Trinajstić information content (AvgIpc) is 3.45. The summed E-state index contributed by atoms with van der Waals surface area (Å²) in [6.07, 6.45) is 4.47. The zero-order chi connectivity index (χ0) is 19.8. The van der Waals surface area contributed by atoms with Crippen LogP contribution in [0.4, 0.5) is 0 Å². The minimum atomic E-state index is 0.134. The molecular weight excluding hydrogens is 360 g/mol. The lowest BCUT2D eigenvalue weighted by Gasteiger charge is -2.17. The summed E-state index contributed by atoms with van der Waals surface area (Å²) in [5.74, 6) is 1.14. The summed E-state index contributed by atoms with van der Waals surface area (Å²) in [5, 5.41) is 4.89. The molecule has 0 saturated heterocycles. The van der Waals surface area contributed by atoms with Gasteiger partial charge in [-0.05, 0) is 36.8 Å². The molecule has 2 aromatic heterocycles. The van der Waals surface area contributed by atoms with Crippen LogP contribution in [0.3, 0.4) is 0 Å². The summed E-state index contributed by atoms with van der Waals surface area (Å²) >= 11 is 0. The Morgan fingerprint density at radius 1 is 0.931 bits per heavy atom. The Labute approximate surface area is 169 Å². The second-order valence-electron chi connectivity index (χ2n) is 7.50. The molecule has 2 aromatic carbocycles. The van der Waals surface area contributed by atoms with Gasteiger partial charge in [0.2, 0.25) is 5.91 Å². The first-order chi connectivity index (χ1) is 14.2. The standard InChI is InChI=1S/C24H22N4O/c1-18-9-11-20(12-10-18)28-24(26-13-5-6-14-26)21-16-27(17-22(21)25-28)23(29)15-19-7-3-2-4-8-19/h2-14H,15-17H2,1H3. The SMILES string of the molecule is Cc1ccc(-n2nc3c(c2-n2cccc2)CN(C(=O)Cc2ccccc2)C3)cc1. The van der Waals surface area contributed by atoms with Gasteiger partial charge >= 0.3 is 0 Å². The minimum Gasteiger partial charge on any atom is -0.332 e. The number of amides is 1. The van der Waals surface area contributed by atoms with Crippen LogP contribution in [-0.4, -0.2) is 25.2 Å². The number of hydrogen-bond acceptors (Lipinski definition) is 2. The third-order valence-electron chi connectivity index (χ3n) is 5.41. The van der Waals surface area contributed by atoms with E-state index in [1.807, 2.05) is 64.4 Å². The molecule has 0 saturated carbocycles. The van der Waals surface area contributed by atoms with Gasteiger partial charge in [0, 0.05) is 18.0 Å². The molecule has 29 heavy (non-hydrogen) atoms. The summed E-state index contributed by atoms with van der Waals surface area (Å²) in [6, 6.07) is 22.3. The van der Waals surface area contributed by atoms with Crippen LogP contribution in [0.2, 0.25) is 0 Å². The number of benzene rings is 2. The summed E-state index contributed by atoms with van der Waals surface area (Å²) in [7, 11) is 0.